The highest BCUT2D eigenvalue weighted by atomic mass is 16.5. The number of unbranched alkanes of at least 4 members (excludes halogenated alkanes) is 1. The number of hydrogen-bond acceptors (Lipinski definition) is 3. The van der Waals surface area contributed by atoms with Gasteiger partial charge in [-0.25, -0.2) is 9.98 Å². The summed E-state index contributed by atoms with van der Waals surface area (Å²) in [5.41, 5.74) is 11.1. The van der Waals surface area contributed by atoms with Crippen molar-refractivity contribution in [1.82, 2.24) is 4.98 Å². The largest absolute Gasteiger partial charge is 0.478 e. The van der Waals surface area contributed by atoms with Crippen LogP contribution in [-0.2, 0) is 0 Å². The second-order valence-electron chi connectivity index (χ2n) is 3.09. The van der Waals surface area contributed by atoms with Gasteiger partial charge in [0.15, 0.2) is 5.96 Å². The van der Waals surface area contributed by atoms with Gasteiger partial charge in [-0.05, 0) is 12.5 Å². The maximum atomic E-state index is 5.38. The van der Waals surface area contributed by atoms with Gasteiger partial charge in [-0.3, -0.25) is 0 Å². The summed E-state index contributed by atoms with van der Waals surface area (Å²) in [7, 11) is 0. The minimum Gasteiger partial charge on any atom is -0.478 e. The third-order valence-corrected chi connectivity index (χ3v) is 1.73. The van der Waals surface area contributed by atoms with Gasteiger partial charge >= 0.3 is 0 Å². The Morgan fingerprint density at radius 3 is 2.80 bits per heavy atom. The lowest BCUT2D eigenvalue weighted by molar-refractivity contribution is 0.298. The van der Waals surface area contributed by atoms with E-state index in [1.54, 1.807) is 18.3 Å². The Morgan fingerprint density at radius 2 is 2.27 bits per heavy atom. The molecule has 1 aromatic rings. The van der Waals surface area contributed by atoms with Gasteiger partial charge in [-0.1, -0.05) is 13.3 Å². The zero-order valence-electron chi connectivity index (χ0n) is 8.81. The maximum absolute atomic E-state index is 5.38. The topological polar surface area (TPSA) is 86.5 Å². The molecule has 0 saturated heterocycles. The van der Waals surface area contributed by atoms with Crippen molar-refractivity contribution in [2.24, 2.45) is 16.5 Å². The minimum absolute atomic E-state index is 0.0245. The van der Waals surface area contributed by atoms with E-state index in [1.807, 2.05) is 0 Å². The van der Waals surface area contributed by atoms with E-state index < -0.39 is 0 Å². The molecule has 0 amide bonds. The van der Waals surface area contributed by atoms with Gasteiger partial charge < -0.3 is 16.2 Å². The first kappa shape index (κ1) is 11.3. The molecule has 0 bridgehead atoms. The summed E-state index contributed by atoms with van der Waals surface area (Å²) in [5, 5.41) is 0. The molecule has 1 aromatic heterocycles. The molecule has 5 nitrogen and oxygen atoms in total. The van der Waals surface area contributed by atoms with E-state index in [2.05, 4.69) is 16.9 Å². The van der Waals surface area contributed by atoms with Gasteiger partial charge in [0.1, 0.15) is 0 Å². The minimum atomic E-state index is 0.0245. The number of ether oxygens (including phenoxy) is 1. The van der Waals surface area contributed by atoms with Crippen LogP contribution in [0, 0.1) is 0 Å². The molecule has 4 N–H and O–H groups in total. The predicted molar refractivity (Wildman–Crippen MR) is 60.1 cm³/mol. The van der Waals surface area contributed by atoms with Crippen LogP contribution in [0.15, 0.2) is 23.3 Å². The van der Waals surface area contributed by atoms with Gasteiger partial charge in [-0.15, -0.1) is 0 Å². The molecule has 0 spiro atoms. The first-order valence-electron chi connectivity index (χ1n) is 4.91. The second-order valence-corrected chi connectivity index (χ2v) is 3.09. The van der Waals surface area contributed by atoms with Crippen LogP contribution in [0.5, 0.6) is 5.88 Å². The molecule has 0 aliphatic carbocycles. The van der Waals surface area contributed by atoms with Crippen LogP contribution in [-0.4, -0.2) is 17.6 Å². The van der Waals surface area contributed by atoms with E-state index >= 15 is 0 Å². The first-order valence-corrected chi connectivity index (χ1v) is 4.91. The normalized spacial score (nSPS) is 9.67. The molecule has 0 atom stereocenters. The highest BCUT2D eigenvalue weighted by Crippen LogP contribution is 2.14. The molecule has 0 aromatic carbocycles. The van der Waals surface area contributed by atoms with E-state index in [1.165, 1.54) is 0 Å². The molecule has 82 valence electrons. The van der Waals surface area contributed by atoms with Crippen molar-refractivity contribution in [2.45, 2.75) is 19.8 Å². The van der Waals surface area contributed by atoms with Crippen LogP contribution >= 0.6 is 0 Å². The van der Waals surface area contributed by atoms with E-state index in [-0.39, 0.29) is 5.96 Å². The molecule has 15 heavy (non-hydrogen) atoms. The van der Waals surface area contributed by atoms with Crippen molar-refractivity contribution < 1.29 is 4.74 Å². The number of nitrogens with zero attached hydrogens (tertiary/aromatic N) is 2. The quantitative estimate of drug-likeness (QED) is 0.432. The van der Waals surface area contributed by atoms with Crippen LogP contribution < -0.4 is 16.2 Å². The lowest BCUT2D eigenvalue weighted by Gasteiger charge is -2.03. The van der Waals surface area contributed by atoms with Crippen molar-refractivity contribution in [1.29, 1.82) is 0 Å². The Hall–Kier alpha value is -1.78. The fourth-order valence-corrected chi connectivity index (χ4v) is 0.994. The standard InChI is InChI=1S/C10H16N4O/c1-2-3-6-15-9-5-4-8(7-13-9)14-10(11)12/h4-5,7H,2-3,6H2,1H3,(H4,11,12,14). The molecule has 0 radical (unpaired) electrons. The van der Waals surface area contributed by atoms with E-state index in [0.717, 1.165) is 12.8 Å². The third-order valence-electron chi connectivity index (χ3n) is 1.73. The molecule has 0 unspecified atom stereocenters. The van der Waals surface area contributed by atoms with Gasteiger partial charge in [0.2, 0.25) is 5.88 Å². The number of aliphatic imine (C=N–C) groups is 1. The maximum Gasteiger partial charge on any atom is 0.213 e. The number of guanidine groups is 1. The molecule has 0 aliphatic rings. The summed E-state index contributed by atoms with van der Waals surface area (Å²) in [4.78, 5) is 7.91. The molecule has 0 aliphatic heterocycles. The monoisotopic (exact) mass is 208 g/mol. The molecule has 0 saturated carbocycles. The first-order chi connectivity index (χ1) is 7.22. The third kappa shape index (κ3) is 4.30. The number of hydrogen-bond donors (Lipinski definition) is 2. The Balaban J connectivity index is 2.53. The van der Waals surface area contributed by atoms with Gasteiger partial charge in [0.05, 0.1) is 18.5 Å². The average Bonchev–Trinajstić information content (AvgIpc) is 2.20. The SMILES string of the molecule is CCCCOc1ccc(N=C(N)N)cn1. The van der Waals surface area contributed by atoms with E-state index in [0.29, 0.717) is 18.2 Å². The summed E-state index contributed by atoms with van der Waals surface area (Å²) in [6, 6.07) is 3.51. The fourth-order valence-electron chi connectivity index (χ4n) is 0.994. The Kier molecular flexibility index (Phi) is 4.40. The summed E-state index contributed by atoms with van der Waals surface area (Å²) in [6.07, 6.45) is 3.70. The zero-order chi connectivity index (χ0) is 11.1. The highest BCUT2D eigenvalue weighted by Gasteiger charge is 1.95. The Labute approximate surface area is 89.2 Å². The summed E-state index contributed by atoms with van der Waals surface area (Å²) in [5.74, 6) is 0.620. The van der Waals surface area contributed by atoms with Crippen molar-refractivity contribution in [3.8, 4) is 5.88 Å². The number of nitrogens with two attached hydrogens (primary N) is 2. The van der Waals surface area contributed by atoms with Crippen LogP contribution in [0.1, 0.15) is 19.8 Å². The zero-order valence-corrected chi connectivity index (χ0v) is 8.81. The Morgan fingerprint density at radius 1 is 1.47 bits per heavy atom. The van der Waals surface area contributed by atoms with Crippen LogP contribution in [0.2, 0.25) is 0 Å². The molecular weight excluding hydrogens is 192 g/mol. The lowest BCUT2D eigenvalue weighted by Crippen LogP contribution is -2.21. The lowest BCUT2D eigenvalue weighted by atomic mass is 10.4. The average molecular weight is 208 g/mol. The molecule has 5 heteroatoms. The predicted octanol–water partition coefficient (Wildman–Crippen LogP) is 1.17. The van der Waals surface area contributed by atoms with Crippen molar-refractivity contribution in [3.63, 3.8) is 0 Å². The van der Waals surface area contributed by atoms with Crippen molar-refractivity contribution in [2.75, 3.05) is 6.61 Å². The Bertz CT molecular complexity index is 317. The molecule has 1 rings (SSSR count). The number of rotatable bonds is 5. The summed E-state index contributed by atoms with van der Waals surface area (Å²) in [6.45, 7) is 2.80. The number of aromatic nitrogens is 1. The van der Waals surface area contributed by atoms with Gasteiger partial charge in [0, 0.05) is 6.07 Å². The smallest absolute Gasteiger partial charge is 0.213 e. The summed E-state index contributed by atoms with van der Waals surface area (Å²) >= 11 is 0. The highest BCUT2D eigenvalue weighted by molar-refractivity contribution is 5.78. The van der Waals surface area contributed by atoms with Crippen LogP contribution in [0.25, 0.3) is 0 Å². The van der Waals surface area contributed by atoms with E-state index in [9.17, 15) is 0 Å². The van der Waals surface area contributed by atoms with Crippen LogP contribution in [0.4, 0.5) is 5.69 Å². The van der Waals surface area contributed by atoms with Gasteiger partial charge in [-0.2, -0.15) is 0 Å². The summed E-state index contributed by atoms with van der Waals surface area (Å²) < 4.78 is 5.38. The molecular formula is C10H16N4O. The fraction of sp³-hybridized carbons (Fsp3) is 0.400. The number of pyridine rings is 1. The molecule has 1 heterocycles. The van der Waals surface area contributed by atoms with Gasteiger partial charge in [0.25, 0.3) is 0 Å². The van der Waals surface area contributed by atoms with Crippen molar-refractivity contribution in [3.05, 3.63) is 18.3 Å². The van der Waals surface area contributed by atoms with Crippen LogP contribution in [0.3, 0.4) is 0 Å². The second kappa shape index (κ2) is 5.85. The molecule has 0 fully saturated rings. The van der Waals surface area contributed by atoms with Crippen molar-refractivity contribution >= 4 is 11.6 Å². The van der Waals surface area contributed by atoms with E-state index in [4.69, 9.17) is 16.2 Å².